The smallest absolute Gasteiger partial charge is 0.226 e. The number of halogens is 1. The Bertz CT molecular complexity index is 505. The van der Waals surface area contributed by atoms with Crippen LogP contribution >= 0.6 is 11.6 Å². The van der Waals surface area contributed by atoms with Gasteiger partial charge in [0.05, 0.1) is 9.71 Å². The molecule has 0 amide bonds. The van der Waals surface area contributed by atoms with Crippen molar-refractivity contribution in [3.8, 4) is 0 Å². The van der Waals surface area contributed by atoms with E-state index in [4.69, 9.17) is 22.5 Å². The van der Waals surface area contributed by atoms with Crippen molar-refractivity contribution in [3.05, 3.63) is 29.0 Å². The molecule has 1 aromatic rings. The minimum absolute atomic E-state index is 0.314. The predicted molar refractivity (Wildman–Crippen MR) is 65.0 cm³/mol. The van der Waals surface area contributed by atoms with Crippen molar-refractivity contribution in [2.45, 2.75) is 0 Å². The van der Waals surface area contributed by atoms with E-state index in [2.05, 4.69) is 9.38 Å². The first-order valence-corrected chi connectivity index (χ1v) is 6.50. The molecule has 4 N–H and O–H groups in total. The maximum atomic E-state index is 11.9. The first-order chi connectivity index (χ1) is 7.43. The monoisotopic (exact) mass is 262 g/mol. The number of hydrogen-bond acceptors (Lipinski definition) is 3. The number of nitrogens with two attached hydrogens (primary N) is 1. The fraction of sp³-hybridized carbons (Fsp3) is 0.125. The van der Waals surface area contributed by atoms with Gasteiger partial charge in [0.15, 0.2) is 0 Å². The largest absolute Gasteiger partial charge is 0.367 e. The predicted octanol–water partition coefficient (Wildman–Crippen LogP) is 0.00800. The summed E-state index contributed by atoms with van der Waals surface area (Å²) in [5.41, 5.74) is 7.40. The first-order valence-electron chi connectivity index (χ1n) is 4.14. The highest BCUT2D eigenvalue weighted by Gasteiger charge is 1.99. The Morgan fingerprint density at radius 1 is 1.75 bits per heavy atom. The zero-order valence-corrected chi connectivity index (χ0v) is 10.00. The van der Waals surface area contributed by atoms with Crippen LogP contribution in [0.3, 0.4) is 0 Å². The standard InChI is InChI=1S/C8H11ClN4O2S/c1-16(15,13-8(10)12-14)5-6-2-3-7(9)11-4-6/h2-5,14H,1H3,(H3,10,12,13,15). The highest BCUT2D eigenvalue weighted by atomic mass is 35.5. The molecule has 1 unspecified atom stereocenters. The van der Waals surface area contributed by atoms with Crippen LogP contribution in [0.2, 0.25) is 5.15 Å². The Morgan fingerprint density at radius 3 is 2.94 bits per heavy atom. The maximum Gasteiger partial charge on any atom is 0.226 e. The Balaban J connectivity index is 3.08. The molecule has 0 spiro atoms. The van der Waals surface area contributed by atoms with E-state index < -0.39 is 9.71 Å². The molecule has 6 nitrogen and oxygen atoms in total. The zero-order chi connectivity index (χ0) is 12.2. The van der Waals surface area contributed by atoms with Crippen molar-refractivity contribution in [2.75, 3.05) is 6.26 Å². The molecule has 0 aliphatic rings. The molecule has 0 fully saturated rings. The minimum atomic E-state index is -2.68. The van der Waals surface area contributed by atoms with Crippen LogP contribution in [-0.4, -0.2) is 32.0 Å². The van der Waals surface area contributed by atoms with Crippen molar-refractivity contribution < 1.29 is 9.42 Å². The molecular weight excluding hydrogens is 252 g/mol. The van der Waals surface area contributed by atoms with Gasteiger partial charge in [-0.3, -0.25) is 5.21 Å². The van der Waals surface area contributed by atoms with Gasteiger partial charge in [-0.1, -0.05) is 11.6 Å². The number of pyridine rings is 1. The highest BCUT2D eigenvalue weighted by molar-refractivity contribution is 7.99. The van der Waals surface area contributed by atoms with Gasteiger partial charge in [0, 0.05) is 23.4 Å². The topological polar surface area (TPSA) is 101 Å². The fourth-order valence-corrected chi connectivity index (χ4v) is 2.19. The van der Waals surface area contributed by atoms with Crippen LogP contribution in [0.5, 0.6) is 0 Å². The van der Waals surface area contributed by atoms with E-state index in [0.29, 0.717) is 10.7 Å². The van der Waals surface area contributed by atoms with Crippen molar-refractivity contribution >= 4 is 32.6 Å². The average Bonchev–Trinajstić information content (AvgIpc) is 2.20. The average molecular weight is 263 g/mol. The number of aromatic nitrogens is 1. The lowest BCUT2D eigenvalue weighted by Crippen LogP contribution is -2.29. The van der Waals surface area contributed by atoms with Crippen molar-refractivity contribution in [2.24, 2.45) is 10.1 Å². The summed E-state index contributed by atoms with van der Waals surface area (Å²) in [4.78, 5) is 3.83. The van der Waals surface area contributed by atoms with Gasteiger partial charge in [0.2, 0.25) is 5.96 Å². The van der Waals surface area contributed by atoms with Gasteiger partial charge in [-0.25, -0.2) is 14.7 Å². The van der Waals surface area contributed by atoms with E-state index in [1.807, 2.05) is 0 Å². The number of rotatable bonds is 2. The quantitative estimate of drug-likeness (QED) is 0.229. The van der Waals surface area contributed by atoms with E-state index in [-0.39, 0.29) is 5.96 Å². The van der Waals surface area contributed by atoms with Crippen molar-refractivity contribution in [1.82, 2.24) is 10.5 Å². The molecule has 0 aromatic carbocycles. The molecule has 0 saturated carbocycles. The maximum absolute atomic E-state index is 11.9. The Labute approximate surface area is 98.3 Å². The van der Waals surface area contributed by atoms with Gasteiger partial charge in [-0.2, -0.15) is 4.40 Å². The summed E-state index contributed by atoms with van der Waals surface area (Å²) in [6.07, 6.45) is 2.84. The summed E-state index contributed by atoms with van der Waals surface area (Å²) in [6, 6.07) is 3.22. The molecule has 16 heavy (non-hydrogen) atoms. The molecule has 0 radical (unpaired) electrons. The SMILES string of the molecule is CS(=O)(=Cc1ccc(Cl)nc1)N=C(N)NO. The summed E-state index contributed by atoms with van der Waals surface area (Å²) in [7, 11) is -2.68. The molecule has 0 bridgehead atoms. The number of nitrogens with zero attached hydrogens (tertiary/aromatic N) is 2. The van der Waals surface area contributed by atoms with E-state index in [1.165, 1.54) is 17.8 Å². The molecule has 0 saturated heterocycles. The van der Waals surface area contributed by atoms with Gasteiger partial charge in [0.25, 0.3) is 0 Å². The van der Waals surface area contributed by atoms with Crippen LogP contribution in [0.4, 0.5) is 0 Å². The molecule has 88 valence electrons. The third-order valence-electron chi connectivity index (χ3n) is 1.50. The van der Waals surface area contributed by atoms with Crippen LogP contribution in [0.1, 0.15) is 5.56 Å². The summed E-state index contributed by atoms with van der Waals surface area (Å²) >= 11 is 5.60. The summed E-state index contributed by atoms with van der Waals surface area (Å²) in [6.45, 7) is 0. The van der Waals surface area contributed by atoms with E-state index in [9.17, 15) is 4.21 Å². The van der Waals surface area contributed by atoms with Crippen LogP contribution in [0.15, 0.2) is 22.7 Å². The second-order valence-corrected chi connectivity index (χ2v) is 5.51. The lowest BCUT2D eigenvalue weighted by molar-refractivity contribution is 0.233. The fourth-order valence-electron chi connectivity index (χ4n) is 0.952. The molecule has 1 heterocycles. The number of guanidine groups is 1. The Hall–Kier alpha value is -1.31. The van der Waals surface area contributed by atoms with Gasteiger partial charge in [-0.05, 0) is 12.1 Å². The van der Waals surface area contributed by atoms with Crippen molar-refractivity contribution in [1.29, 1.82) is 0 Å². The van der Waals surface area contributed by atoms with Crippen LogP contribution < -0.4 is 11.2 Å². The third kappa shape index (κ3) is 4.05. The Morgan fingerprint density at radius 2 is 2.44 bits per heavy atom. The third-order valence-corrected chi connectivity index (χ3v) is 2.99. The minimum Gasteiger partial charge on any atom is -0.367 e. The molecule has 8 heteroatoms. The molecule has 1 aromatic heterocycles. The summed E-state index contributed by atoms with van der Waals surface area (Å²) in [5, 5.41) is 10.2. The molecule has 0 aliphatic carbocycles. The van der Waals surface area contributed by atoms with Crippen molar-refractivity contribution in [3.63, 3.8) is 0 Å². The number of nitrogens with one attached hydrogen (secondary N) is 1. The van der Waals surface area contributed by atoms with Crippen LogP contribution in [0.25, 0.3) is 0 Å². The van der Waals surface area contributed by atoms with E-state index in [1.54, 1.807) is 17.6 Å². The van der Waals surface area contributed by atoms with E-state index in [0.717, 1.165) is 0 Å². The second-order valence-electron chi connectivity index (χ2n) is 2.98. The zero-order valence-electron chi connectivity index (χ0n) is 8.42. The van der Waals surface area contributed by atoms with E-state index >= 15 is 0 Å². The summed E-state index contributed by atoms with van der Waals surface area (Å²) in [5.74, 6) is -0.314. The molecular formula is C8H11ClN4O2S. The Kier molecular flexibility index (Phi) is 4.11. The number of hydroxylamine groups is 1. The number of hydrogen-bond donors (Lipinski definition) is 3. The molecule has 1 atom stereocenters. The molecule has 1 rings (SSSR count). The molecule has 0 aliphatic heterocycles. The van der Waals surface area contributed by atoms with Crippen LogP contribution in [-0.2, 0) is 9.71 Å². The lowest BCUT2D eigenvalue weighted by Gasteiger charge is -2.00. The first kappa shape index (κ1) is 12.8. The van der Waals surface area contributed by atoms with Crippen LogP contribution in [0, 0.1) is 0 Å². The normalized spacial score (nSPS) is 15.3. The van der Waals surface area contributed by atoms with Gasteiger partial charge in [0.1, 0.15) is 5.15 Å². The highest BCUT2D eigenvalue weighted by Crippen LogP contribution is 2.04. The van der Waals surface area contributed by atoms with Gasteiger partial charge in [-0.15, -0.1) is 0 Å². The lowest BCUT2D eigenvalue weighted by atomic mass is 10.3. The summed E-state index contributed by atoms with van der Waals surface area (Å²) < 4.78 is 15.5. The van der Waals surface area contributed by atoms with Gasteiger partial charge >= 0.3 is 0 Å². The van der Waals surface area contributed by atoms with Gasteiger partial charge < -0.3 is 5.73 Å². The second kappa shape index (κ2) is 5.15.